The van der Waals surface area contributed by atoms with E-state index in [1.165, 1.54) is 6.26 Å². The molecule has 7 heteroatoms. The van der Waals surface area contributed by atoms with Crippen molar-refractivity contribution in [2.45, 2.75) is 52.1 Å². The van der Waals surface area contributed by atoms with Gasteiger partial charge in [0.25, 0.3) is 5.89 Å². The van der Waals surface area contributed by atoms with Gasteiger partial charge in [0.15, 0.2) is 6.10 Å². The number of hydrogen-bond donors (Lipinski definition) is 0. The molecule has 1 heterocycles. The first-order valence-corrected chi connectivity index (χ1v) is 6.66. The Labute approximate surface area is 116 Å². The van der Waals surface area contributed by atoms with Crippen LogP contribution in [0.2, 0.25) is 0 Å². The summed E-state index contributed by atoms with van der Waals surface area (Å²) in [5, 5.41) is 3.43. The maximum absolute atomic E-state index is 11.5. The maximum Gasteiger partial charge on any atom is 0.542 e. The number of allylic oxidation sites excluding steroid dienone is 1. The van der Waals surface area contributed by atoms with E-state index in [1.807, 2.05) is 13.8 Å². The van der Waals surface area contributed by atoms with Crippen LogP contribution in [-0.4, -0.2) is 11.3 Å². The van der Waals surface area contributed by atoms with E-state index < -0.39 is 18.1 Å². The first kappa shape index (κ1) is 16.0. The average molecular weight is 285 g/mol. The number of aromatic nitrogens is 1. The Morgan fingerprint density at radius 3 is 2.80 bits per heavy atom. The summed E-state index contributed by atoms with van der Waals surface area (Å²) < 4.78 is 18.8. The minimum Gasteiger partial charge on any atom is -0.421 e. The van der Waals surface area contributed by atoms with Crippen molar-refractivity contribution in [1.82, 2.24) is 5.16 Å². The van der Waals surface area contributed by atoms with Crippen molar-refractivity contribution in [3.8, 4) is 0 Å². The first-order chi connectivity index (χ1) is 9.67. The molecule has 112 valence electrons. The van der Waals surface area contributed by atoms with Crippen LogP contribution < -0.4 is 5.82 Å². The third-order valence-electron chi connectivity index (χ3n) is 2.45. The molecule has 0 N–H and O–H groups in total. The lowest BCUT2D eigenvalue weighted by Crippen LogP contribution is -2.11. The normalized spacial score (nSPS) is 12.5. The summed E-state index contributed by atoms with van der Waals surface area (Å²) in [7, 11) is 0. The first-order valence-electron chi connectivity index (χ1n) is 6.66. The van der Waals surface area contributed by atoms with Gasteiger partial charge in [-0.05, 0) is 30.5 Å². The lowest BCUT2D eigenvalue weighted by molar-refractivity contribution is 0.0293. The second-order valence-electron chi connectivity index (χ2n) is 4.15. The van der Waals surface area contributed by atoms with Gasteiger partial charge in [-0.3, -0.25) is 4.52 Å². The average Bonchev–Trinajstić information content (AvgIpc) is 2.86. The van der Waals surface area contributed by atoms with Crippen LogP contribution in [0.15, 0.2) is 26.1 Å². The van der Waals surface area contributed by atoms with Gasteiger partial charge in [0.2, 0.25) is 0 Å². The molecule has 0 aliphatic carbocycles. The Kier molecular flexibility index (Phi) is 7.16. The summed E-state index contributed by atoms with van der Waals surface area (Å²) in [6.45, 7) is 4.00. The molecule has 1 unspecified atom stereocenters. The lowest BCUT2D eigenvalue weighted by Gasteiger charge is -2.11. The van der Waals surface area contributed by atoms with Gasteiger partial charge in [-0.1, -0.05) is 26.7 Å². The van der Waals surface area contributed by atoms with E-state index in [-0.39, 0.29) is 5.89 Å². The summed E-state index contributed by atoms with van der Waals surface area (Å²) in [6.07, 6.45) is 5.26. The Hall–Kier alpha value is -2.05. The van der Waals surface area contributed by atoms with Crippen LogP contribution in [0, 0.1) is 0 Å². The summed E-state index contributed by atoms with van der Waals surface area (Å²) >= 11 is 0. The molecule has 0 saturated heterocycles. The molecule has 0 aromatic carbocycles. The van der Waals surface area contributed by atoms with Gasteiger partial charge in [0.1, 0.15) is 0 Å². The monoisotopic (exact) mass is 285 g/mol. The molecule has 1 atom stereocenters. The summed E-state index contributed by atoms with van der Waals surface area (Å²) in [4.78, 5) is 22.3. The van der Waals surface area contributed by atoms with Gasteiger partial charge < -0.3 is 13.9 Å². The predicted molar refractivity (Wildman–Crippen MR) is 68.9 cm³/mol. The third-order valence-corrected chi connectivity index (χ3v) is 2.45. The minimum absolute atomic E-state index is 0.0575. The van der Waals surface area contributed by atoms with Crippen molar-refractivity contribution in [3.63, 3.8) is 0 Å². The number of carbonyl (C=O) groups is 1. The van der Waals surface area contributed by atoms with E-state index in [1.54, 1.807) is 6.08 Å². The van der Waals surface area contributed by atoms with E-state index in [2.05, 4.69) is 9.68 Å². The Bertz CT molecular complexity index is 475. The Morgan fingerprint density at radius 1 is 1.40 bits per heavy atom. The molecular formula is C13H19NO6. The van der Waals surface area contributed by atoms with Crippen molar-refractivity contribution in [2.75, 3.05) is 0 Å². The van der Waals surface area contributed by atoms with Gasteiger partial charge >= 0.3 is 12.0 Å². The number of unbranched alkanes of at least 4 members (excludes halogenated alkanes) is 2. The molecule has 0 spiro atoms. The molecule has 0 aliphatic rings. The Balaban J connectivity index is 2.56. The van der Waals surface area contributed by atoms with Crippen LogP contribution in [0.4, 0.5) is 4.79 Å². The number of ether oxygens (including phenoxy) is 2. The zero-order chi connectivity index (χ0) is 14.8. The van der Waals surface area contributed by atoms with E-state index in [0.29, 0.717) is 6.42 Å². The van der Waals surface area contributed by atoms with Gasteiger partial charge in [-0.2, -0.15) is 0 Å². The quantitative estimate of drug-likeness (QED) is 0.534. The number of nitrogens with zero attached hydrogens (tertiary/aromatic N) is 1. The largest absolute Gasteiger partial charge is 0.542 e. The fourth-order valence-corrected chi connectivity index (χ4v) is 1.43. The molecule has 7 nitrogen and oxygen atoms in total. The second kappa shape index (κ2) is 8.95. The number of hydrogen-bond acceptors (Lipinski definition) is 7. The molecule has 0 bridgehead atoms. The van der Waals surface area contributed by atoms with Gasteiger partial charge in [0.05, 0.1) is 6.26 Å². The lowest BCUT2D eigenvalue weighted by atomic mass is 10.1. The van der Waals surface area contributed by atoms with Gasteiger partial charge in [0, 0.05) is 0 Å². The van der Waals surface area contributed by atoms with Crippen molar-refractivity contribution in [1.29, 1.82) is 0 Å². The zero-order valence-electron chi connectivity index (χ0n) is 11.7. The minimum atomic E-state index is -0.929. The highest BCUT2D eigenvalue weighted by Gasteiger charge is 2.23. The highest BCUT2D eigenvalue weighted by molar-refractivity contribution is 5.60. The van der Waals surface area contributed by atoms with E-state index in [0.717, 1.165) is 25.7 Å². The van der Waals surface area contributed by atoms with E-state index in [4.69, 9.17) is 13.9 Å². The molecular weight excluding hydrogens is 266 g/mol. The molecule has 1 aromatic heterocycles. The molecule has 1 aromatic rings. The fraction of sp³-hybridized carbons (Fsp3) is 0.615. The van der Waals surface area contributed by atoms with Gasteiger partial charge in [-0.15, -0.1) is 0 Å². The Morgan fingerprint density at radius 2 is 2.20 bits per heavy atom. The number of rotatable bonds is 8. The maximum atomic E-state index is 11.5. The summed E-state index contributed by atoms with van der Waals surface area (Å²) in [5.41, 5.74) is 0. The van der Waals surface area contributed by atoms with Crippen molar-refractivity contribution < 1.29 is 23.2 Å². The third kappa shape index (κ3) is 5.73. The molecule has 0 amide bonds. The zero-order valence-corrected chi connectivity index (χ0v) is 11.7. The van der Waals surface area contributed by atoms with Gasteiger partial charge in [-0.25, -0.2) is 9.59 Å². The van der Waals surface area contributed by atoms with Crippen LogP contribution in [0.25, 0.3) is 0 Å². The molecule has 0 radical (unpaired) electrons. The molecule has 0 saturated carbocycles. The van der Waals surface area contributed by atoms with Crippen LogP contribution in [0.3, 0.4) is 0 Å². The van der Waals surface area contributed by atoms with E-state index >= 15 is 0 Å². The smallest absolute Gasteiger partial charge is 0.421 e. The molecule has 0 aliphatic heterocycles. The molecule has 20 heavy (non-hydrogen) atoms. The van der Waals surface area contributed by atoms with E-state index in [9.17, 15) is 9.59 Å². The standard InChI is InChI=1S/C13H19NO6/c1-3-5-7-9-17-12(15)18-10(8-6-4-2)11-14-20-13(16)19-11/h7,9-10H,3-6,8H2,1-2H3/b9-7+. The van der Waals surface area contributed by atoms with Crippen LogP contribution in [0.1, 0.15) is 57.9 Å². The van der Waals surface area contributed by atoms with Crippen molar-refractivity contribution in [2.24, 2.45) is 0 Å². The van der Waals surface area contributed by atoms with Crippen molar-refractivity contribution in [3.05, 3.63) is 28.8 Å². The van der Waals surface area contributed by atoms with Crippen LogP contribution in [0.5, 0.6) is 0 Å². The van der Waals surface area contributed by atoms with Crippen LogP contribution in [-0.2, 0) is 9.47 Å². The highest BCUT2D eigenvalue weighted by atomic mass is 16.7. The molecule has 1 rings (SSSR count). The molecule has 0 fully saturated rings. The topological polar surface area (TPSA) is 91.8 Å². The predicted octanol–water partition coefficient (Wildman–Crippen LogP) is 3.33. The summed E-state index contributed by atoms with van der Waals surface area (Å²) in [5.74, 6) is -0.987. The SMILES string of the molecule is CCC/C=C/OC(=O)OC(CCCC)c1noc(=O)o1. The summed E-state index contributed by atoms with van der Waals surface area (Å²) in [6, 6.07) is 0. The fourth-order valence-electron chi connectivity index (χ4n) is 1.43. The highest BCUT2D eigenvalue weighted by Crippen LogP contribution is 2.21. The second-order valence-corrected chi connectivity index (χ2v) is 4.15. The van der Waals surface area contributed by atoms with Crippen molar-refractivity contribution >= 4 is 6.16 Å². The van der Waals surface area contributed by atoms with Crippen LogP contribution >= 0.6 is 0 Å². The number of carbonyl (C=O) groups excluding carboxylic acids is 1.